The number of rotatable bonds is 5. The van der Waals surface area contributed by atoms with E-state index in [0.717, 1.165) is 41.4 Å². The van der Waals surface area contributed by atoms with Gasteiger partial charge >= 0.3 is 6.09 Å². The summed E-state index contributed by atoms with van der Waals surface area (Å²) in [6, 6.07) is 18.8. The summed E-state index contributed by atoms with van der Waals surface area (Å²) in [5.74, 6) is 0.408. The van der Waals surface area contributed by atoms with E-state index in [1.54, 1.807) is 4.90 Å². The molecule has 3 aromatic rings. The zero-order valence-corrected chi connectivity index (χ0v) is 20.9. The minimum atomic E-state index is -0.772. The van der Waals surface area contributed by atoms with Crippen molar-refractivity contribution in [1.29, 1.82) is 5.26 Å². The Balaban J connectivity index is 1.29. The van der Waals surface area contributed by atoms with Crippen LogP contribution in [0.25, 0.3) is 22.1 Å². The lowest BCUT2D eigenvalue weighted by Gasteiger charge is -2.35. The maximum absolute atomic E-state index is 13.3. The number of fused-ring (bicyclic) bond motifs is 3. The van der Waals surface area contributed by atoms with Crippen molar-refractivity contribution < 1.29 is 18.7 Å². The molecule has 1 aromatic heterocycles. The van der Waals surface area contributed by atoms with E-state index in [9.17, 15) is 14.9 Å². The fraction of sp³-hybridized carbons (Fsp3) is 0.414. The monoisotopic (exact) mass is 485 g/mol. The van der Waals surface area contributed by atoms with Gasteiger partial charge in [-0.15, -0.1) is 0 Å². The third-order valence-corrected chi connectivity index (χ3v) is 7.01. The highest BCUT2D eigenvalue weighted by molar-refractivity contribution is 5.88. The molecule has 2 fully saturated rings. The normalized spacial score (nSPS) is 21.8. The van der Waals surface area contributed by atoms with Crippen LogP contribution in [0.15, 0.2) is 59.0 Å². The van der Waals surface area contributed by atoms with Gasteiger partial charge in [-0.05, 0) is 75.3 Å². The number of nitrogens with zero attached hydrogens (tertiary/aromatic N) is 2. The fourth-order valence-corrected chi connectivity index (χ4v) is 5.50. The van der Waals surface area contributed by atoms with Gasteiger partial charge in [-0.25, -0.2) is 4.79 Å². The molecule has 1 saturated carbocycles. The van der Waals surface area contributed by atoms with Crippen molar-refractivity contribution in [3.8, 4) is 17.2 Å². The molecule has 5 rings (SSSR count). The molecule has 0 spiro atoms. The van der Waals surface area contributed by atoms with Crippen LogP contribution in [0.1, 0.15) is 45.8 Å². The second-order valence-corrected chi connectivity index (χ2v) is 10.8. The van der Waals surface area contributed by atoms with Crippen LogP contribution in [-0.4, -0.2) is 40.6 Å². The maximum atomic E-state index is 13.3. The van der Waals surface area contributed by atoms with E-state index in [-0.39, 0.29) is 24.3 Å². The van der Waals surface area contributed by atoms with Crippen LogP contribution in [0.5, 0.6) is 0 Å². The van der Waals surface area contributed by atoms with Crippen molar-refractivity contribution in [1.82, 2.24) is 10.2 Å². The van der Waals surface area contributed by atoms with Gasteiger partial charge in [0.25, 0.3) is 0 Å². The summed E-state index contributed by atoms with van der Waals surface area (Å²) in [5, 5.41) is 13.6. The molecular formula is C29H31N3O4. The molecule has 7 nitrogen and oxygen atoms in total. The lowest BCUT2D eigenvalue weighted by Crippen LogP contribution is -2.55. The van der Waals surface area contributed by atoms with Gasteiger partial charge in [0.1, 0.15) is 29.0 Å². The molecule has 0 radical (unpaired) electrons. The Morgan fingerprint density at radius 3 is 2.64 bits per heavy atom. The van der Waals surface area contributed by atoms with E-state index < -0.39 is 23.8 Å². The third kappa shape index (κ3) is 4.81. The smallest absolute Gasteiger partial charge is 0.411 e. The Hall–Kier alpha value is -3.79. The first-order chi connectivity index (χ1) is 17.2. The molecular weight excluding hydrogens is 454 g/mol. The van der Waals surface area contributed by atoms with E-state index in [1.807, 2.05) is 57.2 Å². The summed E-state index contributed by atoms with van der Waals surface area (Å²) in [6.07, 6.45) is 2.34. The molecule has 1 saturated heterocycles. The van der Waals surface area contributed by atoms with Crippen LogP contribution < -0.4 is 5.32 Å². The summed E-state index contributed by atoms with van der Waals surface area (Å²) in [7, 11) is 0. The number of hydrogen-bond donors (Lipinski definition) is 1. The molecule has 4 unspecified atom stereocenters. The molecule has 2 heterocycles. The Labute approximate surface area is 211 Å². The first-order valence-electron chi connectivity index (χ1n) is 12.5. The Morgan fingerprint density at radius 1 is 1.14 bits per heavy atom. The van der Waals surface area contributed by atoms with Crippen LogP contribution in [0.2, 0.25) is 0 Å². The van der Waals surface area contributed by atoms with E-state index >= 15 is 0 Å². The zero-order chi connectivity index (χ0) is 25.4. The highest BCUT2D eigenvalue weighted by Gasteiger charge is 2.52. The third-order valence-electron chi connectivity index (χ3n) is 7.01. The number of carbonyl (C=O) groups is 2. The van der Waals surface area contributed by atoms with Gasteiger partial charge in [0.15, 0.2) is 0 Å². The Kier molecular flexibility index (Phi) is 6.21. The largest absolute Gasteiger partial charge is 0.461 e. The molecule has 1 aliphatic carbocycles. The summed E-state index contributed by atoms with van der Waals surface area (Å²) in [4.78, 5) is 27.8. The van der Waals surface area contributed by atoms with E-state index in [4.69, 9.17) is 9.15 Å². The number of hydrogen-bond acceptors (Lipinski definition) is 5. The quantitative estimate of drug-likeness (QED) is 0.519. The predicted octanol–water partition coefficient (Wildman–Crippen LogP) is 5.44. The second kappa shape index (κ2) is 9.34. The second-order valence-electron chi connectivity index (χ2n) is 10.8. The van der Waals surface area contributed by atoms with Gasteiger partial charge < -0.3 is 14.5 Å². The van der Waals surface area contributed by atoms with Gasteiger partial charge in [-0.3, -0.25) is 9.69 Å². The number of nitriles is 1. The van der Waals surface area contributed by atoms with Crippen molar-refractivity contribution in [3.63, 3.8) is 0 Å². The standard InChI is InChI=1S/C29H31N3O4/c1-29(2,3)36-28(34)32-23-11-9-20(14-23)26(32)27(33)31-22(17-30)16-24-15-21-13-19(10-12-25(21)35-24)18-7-5-4-6-8-18/h4-8,10,12-13,15,20,22-23,26H,9,11,14,16H2,1-3H3,(H,31,33). The number of furan rings is 1. The van der Waals surface area contributed by atoms with Crippen LogP contribution >= 0.6 is 0 Å². The van der Waals surface area contributed by atoms with E-state index in [1.165, 1.54) is 0 Å². The number of amides is 2. The van der Waals surface area contributed by atoms with Crippen molar-refractivity contribution in [2.45, 2.75) is 70.2 Å². The molecule has 2 amide bonds. The highest BCUT2D eigenvalue weighted by atomic mass is 16.6. The van der Waals surface area contributed by atoms with Crippen LogP contribution in [0.4, 0.5) is 4.79 Å². The molecule has 2 aromatic carbocycles. The molecule has 36 heavy (non-hydrogen) atoms. The molecule has 7 heteroatoms. The van der Waals surface area contributed by atoms with Crippen molar-refractivity contribution in [2.75, 3.05) is 0 Å². The van der Waals surface area contributed by atoms with Crippen molar-refractivity contribution in [2.24, 2.45) is 5.92 Å². The van der Waals surface area contributed by atoms with E-state index in [0.29, 0.717) is 5.76 Å². The maximum Gasteiger partial charge on any atom is 0.411 e. The van der Waals surface area contributed by atoms with Gasteiger partial charge in [0.05, 0.1) is 6.07 Å². The predicted molar refractivity (Wildman–Crippen MR) is 136 cm³/mol. The number of benzene rings is 2. The van der Waals surface area contributed by atoms with Crippen LogP contribution in [0.3, 0.4) is 0 Å². The number of piperidine rings is 1. The molecule has 2 aliphatic rings. The first kappa shape index (κ1) is 23.9. The lowest BCUT2D eigenvalue weighted by atomic mass is 9.97. The molecule has 4 atom stereocenters. The first-order valence-corrected chi connectivity index (χ1v) is 12.5. The Bertz CT molecular complexity index is 1320. The molecule has 2 bridgehead atoms. The number of likely N-dealkylation sites (tertiary alicyclic amines) is 1. The van der Waals surface area contributed by atoms with Crippen molar-refractivity contribution in [3.05, 3.63) is 60.4 Å². The van der Waals surface area contributed by atoms with Gasteiger partial charge in [-0.1, -0.05) is 36.4 Å². The molecule has 1 aliphatic heterocycles. The molecule has 186 valence electrons. The topological polar surface area (TPSA) is 95.6 Å². The Morgan fingerprint density at radius 2 is 1.92 bits per heavy atom. The minimum Gasteiger partial charge on any atom is -0.461 e. The number of nitrogens with one attached hydrogen (secondary N) is 1. The molecule has 1 N–H and O–H groups in total. The summed E-state index contributed by atoms with van der Waals surface area (Å²) >= 11 is 0. The highest BCUT2D eigenvalue weighted by Crippen LogP contribution is 2.43. The van der Waals surface area contributed by atoms with Crippen molar-refractivity contribution >= 4 is 23.0 Å². The minimum absolute atomic E-state index is 0.00955. The number of ether oxygens (including phenoxy) is 1. The fourth-order valence-electron chi connectivity index (χ4n) is 5.50. The average molecular weight is 486 g/mol. The summed E-state index contributed by atoms with van der Waals surface area (Å²) < 4.78 is 11.6. The lowest BCUT2D eigenvalue weighted by molar-refractivity contribution is -0.128. The van der Waals surface area contributed by atoms with Gasteiger partial charge in [-0.2, -0.15) is 5.26 Å². The summed E-state index contributed by atoms with van der Waals surface area (Å²) in [5.41, 5.74) is 2.29. The SMILES string of the molecule is CC(C)(C)OC(=O)N1C2CCC(C2)C1C(=O)NC(C#N)Cc1cc2cc(-c3ccccc3)ccc2o1. The average Bonchev–Trinajstić information content (AvgIpc) is 3.56. The van der Waals surface area contributed by atoms with E-state index in [2.05, 4.69) is 29.6 Å². The van der Waals surface area contributed by atoms with Gasteiger partial charge in [0, 0.05) is 17.8 Å². The summed E-state index contributed by atoms with van der Waals surface area (Å²) in [6.45, 7) is 5.45. The number of carbonyl (C=O) groups excluding carboxylic acids is 2. The van der Waals surface area contributed by atoms with Crippen LogP contribution in [0, 0.1) is 17.2 Å². The van der Waals surface area contributed by atoms with Gasteiger partial charge in [0.2, 0.25) is 5.91 Å². The zero-order valence-electron chi connectivity index (χ0n) is 20.9. The van der Waals surface area contributed by atoms with Crippen LogP contribution in [-0.2, 0) is 16.0 Å².